The second-order valence-electron chi connectivity index (χ2n) is 9.92. The van der Waals surface area contributed by atoms with E-state index in [4.69, 9.17) is 9.97 Å². The minimum atomic E-state index is 0.716. The average molecular weight is 549 g/mol. The Labute approximate surface area is 247 Å². The number of hydrogen-bond acceptors (Lipinski definition) is 6. The van der Waals surface area contributed by atoms with E-state index in [0.717, 1.165) is 45.0 Å². The van der Waals surface area contributed by atoms with Crippen LogP contribution in [-0.4, -0.2) is 29.9 Å². The lowest BCUT2D eigenvalue weighted by Crippen LogP contribution is -2.00. The topological polar surface area (TPSA) is 77.3 Å². The molecule has 0 saturated heterocycles. The van der Waals surface area contributed by atoms with E-state index >= 15 is 0 Å². The van der Waals surface area contributed by atoms with Crippen LogP contribution in [0.1, 0.15) is 67.8 Å². The van der Waals surface area contributed by atoms with Crippen molar-refractivity contribution in [1.29, 1.82) is 0 Å². The molecule has 0 aliphatic rings. The van der Waals surface area contributed by atoms with E-state index in [2.05, 4.69) is 19.9 Å². The van der Waals surface area contributed by atoms with Crippen LogP contribution in [0.3, 0.4) is 0 Å². The molecule has 5 heterocycles. The highest BCUT2D eigenvalue weighted by atomic mass is 14.8. The lowest BCUT2D eigenvalue weighted by Gasteiger charge is -2.08. The Morgan fingerprint density at radius 1 is 0.333 bits per heavy atom. The SMILES string of the molecule is Cc1cccnc1C=Cc1nc(C=Cc2ncccc2C)c(C=Cc2ncccc2C)nc1C=Cc1ncccc1C. The van der Waals surface area contributed by atoms with Crippen molar-refractivity contribution in [3.05, 3.63) is 141 Å². The molecule has 0 aliphatic carbocycles. The van der Waals surface area contributed by atoms with Crippen LogP contribution in [0.5, 0.6) is 0 Å². The number of nitrogens with zero attached hydrogens (tertiary/aromatic N) is 6. The summed E-state index contributed by atoms with van der Waals surface area (Å²) >= 11 is 0. The molecule has 5 rings (SSSR count). The molecule has 0 aliphatic heterocycles. The average Bonchev–Trinajstić information content (AvgIpc) is 3.00. The van der Waals surface area contributed by atoms with Gasteiger partial charge in [0.15, 0.2) is 0 Å². The largest absolute Gasteiger partial charge is 0.257 e. The molecule has 0 N–H and O–H groups in total. The van der Waals surface area contributed by atoms with E-state index in [9.17, 15) is 0 Å². The van der Waals surface area contributed by atoms with Gasteiger partial charge >= 0.3 is 0 Å². The van der Waals surface area contributed by atoms with Gasteiger partial charge in [-0.05, 0) is 123 Å². The fraction of sp³-hybridized carbons (Fsp3) is 0.111. The summed E-state index contributed by atoms with van der Waals surface area (Å²) in [6.45, 7) is 8.17. The summed E-state index contributed by atoms with van der Waals surface area (Å²) in [5.41, 5.74) is 10.7. The monoisotopic (exact) mass is 548 g/mol. The van der Waals surface area contributed by atoms with E-state index in [1.807, 2.05) is 125 Å². The van der Waals surface area contributed by atoms with Crippen LogP contribution in [0.25, 0.3) is 48.6 Å². The first-order valence-corrected chi connectivity index (χ1v) is 13.8. The van der Waals surface area contributed by atoms with Gasteiger partial charge in [-0.3, -0.25) is 19.9 Å². The van der Waals surface area contributed by atoms with Gasteiger partial charge < -0.3 is 0 Å². The van der Waals surface area contributed by atoms with Crippen molar-refractivity contribution in [3.63, 3.8) is 0 Å². The van der Waals surface area contributed by atoms with Crippen molar-refractivity contribution in [1.82, 2.24) is 29.9 Å². The van der Waals surface area contributed by atoms with E-state index in [1.165, 1.54) is 0 Å². The van der Waals surface area contributed by atoms with Gasteiger partial charge in [0.1, 0.15) is 0 Å². The summed E-state index contributed by atoms with van der Waals surface area (Å²) in [6.07, 6.45) is 22.9. The van der Waals surface area contributed by atoms with Gasteiger partial charge in [0.2, 0.25) is 0 Å². The van der Waals surface area contributed by atoms with Crippen molar-refractivity contribution in [3.8, 4) is 0 Å². The Hall–Kier alpha value is -5.36. The summed E-state index contributed by atoms with van der Waals surface area (Å²) in [5, 5.41) is 0. The van der Waals surface area contributed by atoms with E-state index in [1.54, 1.807) is 24.8 Å². The van der Waals surface area contributed by atoms with Crippen molar-refractivity contribution in [2.24, 2.45) is 0 Å². The van der Waals surface area contributed by atoms with Gasteiger partial charge in [-0.2, -0.15) is 0 Å². The standard InChI is InChI=1S/C36H32N6/c1-25-9-5-21-37-29(25)13-17-33-34(18-14-30-26(2)10-6-22-38-30)42-36(20-16-32-28(4)12-8-24-40-32)35(41-33)19-15-31-27(3)11-7-23-39-31/h5-24H,1-4H3. The Bertz CT molecular complexity index is 1570. The highest BCUT2D eigenvalue weighted by Crippen LogP contribution is 2.21. The number of aromatic nitrogens is 6. The third-order valence-corrected chi connectivity index (χ3v) is 6.80. The van der Waals surface area contributed by atoms with Gasteiger partial charge in [0.25, 0.3) is 0 Å². The number of rotatable bonds is 8. The van der Waals surface area contributed by atoms with Crippen molar-refractivity contribution < 1.29 is 0 Å². The van der Waals surface area contributed by atoms with Gasteiger partial charge in [-0.1, -0.05) is 24.3 Å². The van der Waals surface area contributed by atoms with Crippen molar-refractivity contribution in [2.75, 3.05) is 0 Å². The maximum atomic E-state index is 5.10. The van der Waals surface area contributed by atoms with Gasteiger partial charge in [0.05, 0.1) is 45.6 Å². The molecule has 0 bridgehead atoms. The zero-order valence-corrected chi connectivity index (χ0v) is 24.2. The van der Waals surface area contributed by atoms with Crippen molar-refractivity contribution in [2.45, 2.75) is 27.7 Å². The maximum absolute atomic E-state index is 5.10. The Balaban J connectivity index is 1.66. The third kappa shape index (κ3) is 7.04. The van der Waals surface area contributed by atoms with E-state index in [0.29, 0.717) is 22.8 Å². The number of hydrogen-bond donors (Lipinski definition) is 0. The fourth-order valence-corrected chi connectivity index (χ4v) is 4.30. The Kier molecular flexibility index (Phi) is 8.94. The van der Waals surface area contributed by atoms with Gasteiger partial charge in [-0.25, -0.2) is 9.97 Å². The molecule has 206 valence electrons. The normalized spacial score (nSPS) is 11.9. The molecule has 0 radical (unpaired) electrons. The van der Waals surface area contributed by atoms with Crippen LogP contribution in [0.4, 0.5) is 0 Å². The zero-order chi connectivity index (χ0) is 29.3. The quantitative estimate of drug-likeness (QED) is 0.196. The van der Waals surface area contributed by atoms with Crippen molar-refractivity contribution >= 4 is 48.6 Å². The molecule has 0 saturated carbocycles. The van der Waals surface area contributed by atoms with E-state index in [-0.39, 0.29) is 0 Å². The highest BCUT2D eigenvalue weighted by Gasteiger charge is 2.10. The Morgan fingerprint density at radius 2 is 0.548 bits per heavy atom. The van der Waals surface area contributed by atoms with Crippen LogP contribution in [-0.2, 0) is 0 Å². The van der Waals surface area contributed by atoms with Crippen LogP contribution in [0, 0.1) is 27.7 Å². The first kappa shape index (κ1) is 28.2. The lowest BCUT2D eigenvalue weighted by atomic mass is 10.1. The maximum Gasteiger partial charge on any atom is 0.0895 e. The molecular weight excluding hydrogens is 516 g/mol. The van der Waals surface area contributed by atoms with E-state index < -0.39 is 0 Å². The summed E-state index contributed by atoms with van der Waals surface area (Å²) in [7, 11) is 0. The smallest absolute Gasteiger partial charge is 0.0895 e. The molecule has 0 unspecified atom stereocenters. The Morgan fingerprint density at radius 3 is 0.762 bits per heavy atom. The molecule has 5 aromatic rings. The molecule has 0 atom stereocenters. The van der Waals surface area contributed by atoms with Crippen LogP contribution in [0.2, 0.25) is 0 Å². The van der Waals surface area contributed by atoms with Crippen LogP contribution >= 0.6 is 0 Å². The second kappa shape index (κ2) is 13.3. The fourth-order valence-electron chi connectivity index (χ4n) is 4.30. The van der Waals surface area contributed by atoms with Crippen LogP contribution in [0.15, 0.2) is 73.3 Å². The molecule has 0 fully saturated rings. The molecule has 42 heavy (non-hydrogen) atoms. The number of aryl methyl sites for hydroxylation is 4. The molecule has 6 nitrogen and oxygen atoms in total. The lowest BCUT2D eigenvalue weighted by molar-refractivity contribution is 1.12. The van der Waals surface area contributed by atoms with Gasteiger partial charge in [-0.15, -0.1) is 0 Å². The molecule has 5 aromatic heterocycles. The molecule has 6 heteroatoms. The molecule has 0 aromatic carbocycles. The first-order valence-electron chi connectivity index (χ1n) is 13.8. The second-order valence-corrected chi connectivity index (χ2v) is 9.92. The minimum Gasteiger partial charge on any atom is -0.257 e. The van der Waals surface area contributed by atoms with Gasteiger partial charge in [0, 0.05) is 24.8 Å². The summed E-state index contributed by atoms with van der Waals surface area (Å²) in [4.78, 5) is 28.3. The first-order chi connectivity index (χ1) is 20.5. The predicted molar refractivity (Wildman–Crippen MR) is 174 cm³/mol. The highest BCUT2D eigenvalue weighted by molar-refractivity contribution is 5.81. The minimum absolute atomic E-state index is 0.716. The zero-order valence-electron chi connectivity index (χ0n) is 24.2. The summed E-state index contributed by atoms with van der Waals surface area (Å²) in [5.74, 6) is 0. The van der Waals surface area contributed by atoms with Crippen LogP contribution < -0.4 is 0 Å². The molecule has 0 amide bonds. The third-order valence-electron chi connectivity index (χ3n) is 6.80. The molecule has 0 spiro atoms. The molecular formula is C36H32N6. The number of pyridine rings is 4. The summed E-state index contributed by atoms with van der Waals surface area (Å²) in [6, 6.07) is 15.9. The summed E-state index contributed by atoms with van der Waals surface area (Å²) < 4.78 is 0. The predicted octanol–water partition coefficient (Wildman–Crippen LogP) is 7.97.